The second-order valence-electron chi connectivity index (χ2n) is 3.87. The summed E-state index contributed by atoms with van der Waals surface area (Å²) in [6.45, 7) is 8.31. The molecule has 0 heterocycles. The first-order chi connectivity index (χ1) is 7.11. The van der Waals surface area contributed by atoms with E-state index < -0.39 is 0 Å². The molecular weight excluding hydrogens is 186 g/mol. The first-order valence-corrected chi connectivity index (χ1v) is 5.25. The predicted molar refractivity (Wildman–Crippen MR) is 61.8 cm³/mol. The fourth-order valence-electron chi connectivity index (χ4n) is 1.78. The van der Waals surface area contributed by atoms with Gasteiger partial charge in [0.2, 0.25) is 6.08 Å². The van der Waals surface area contributed by atoms with Gasteiger partial charge < -0.3 is 0 Å². The Balaban J connectivity index is 3.25. The summed E-state index contributed by atoms with van der Waals surface area (Å²) in [4.78, 5) is 14.2. The number of carbonyl (C=O) groups excluding carboxylic acids is 1. The van der Waals surface area contributed by atoms with Gasteiger partial charge in [-0.05, 0) is 49.4 Å². The van der Waals surface area contributed by atoms with Crippen LogP contribution >= 0.6 is 0 Å². The van der Waals surface area contributed by atoms with Crippen LogP contribution in [-0.2, 0) is 4.79 Å². The summed E-state index contributed by atoms with van der Waals surface area (Å²) in [6.07, 6.45) is 2.49. The van der Waals surface area contributed by atoms with Crippen LogP contribution in [0.5, 0.6) is 0 Å². The van der Waals surface area contributed by atoms with E-state index in [9.17, 15) is 4.79 Å². The summed E-state index contributed by atoms with van der Waals surface area (Å²) < 4.78 is 0. The molecule has 1 rings (SSSR count). The lowest BCUT2D eigenvalue weighted by molar-refractivity contribution is 0.555. The SMILES string of the molecule is CC[C@@H](N=C=O)c1ccc(C)c(C)c1C. The lowest BCUT2D eigenvalue weighted by Crippen LogP contribution is -2.00. The highest BCUT2D eigenvalue weighted by molar-refractivity contribution is 5.42. The number of isocyanates is 1. The molecule has 2 heteroatoms. The highest BCUT2D eigenvalue weighted by Gasteiger charge is 2.12. The average Bonchev–Trinajstić information content (AvgIpc) is 2.24. The van der Waals surface area contributed by atoms with Crippen molar-refractivity contribution in [3.63, 3.8) is 0 Å². The first kappa shape index (κ1) is 11.7. The third-order valence-corrected chi connectivity index (χ3v) is 3.05. The first-order valence-electron chi connectivity index (χ1n) is 5.25. The highest BCUT2D eigenvalue weighted by atomic mass is 16.1. The molecule has 1 atom stereocenters. The minimum atomic E-state index is -0.0400. The molecule has 15 heavy (non-hydrogen) atoms. The standard InChI is InChI=1S/C13H17NO/c1-5-13(14-8-15)12-7-6-9(2)10(3)11(12)4/h6-7,13H,5H2,1-4H3/t13-/m1/s1. The molecule has 2 nitrogen and oxygen atoms in total. The third-order valence-electron chi connectivity index (χ3n) is 3.05. The molecule has 0 bridgehead atoms. The fourth-order valence-corrected chi connectivity index (χ4v) is 1.78. The van der Waals surface area contributed by atoms with Crippen LogP contribution in [0.1, 0.15) is 41.6 Å². The summed E-state index contributed by atoms with van der Waals surface area (Å²) in [5.41, 5.74) is 4.94. The molecule has 0 aliphatic carbocycles. The normalized spacial score (nSPS) is 12.0. The maximum Gasteiger partial charge on any atom is 0.235 e. The van der Waals surface area contributed by atoms with Crippen molar-refractivity contribution < 1.29 is 4.79 Å². The molecule has 1 aromatic carbocycles. The Hall–Kier alpha value is -1.40. The van der Waals surface area contributed by atoms with Crippen LogP contribution in [0, 0.1) is 20.8 Å². The van der Waals surface area contributed by atoms with Crippen molar-refractivity contribution in [3.05, 3.63) is 34.4 Å². The van der Waals surface area contributed by atoms with Crippen molar-refractivity contribution in [1.29, 1.82) is 0 Å². The van der Waals surface area contributed by atoms with E-state index in [2.05, 4.69) is 37.9 Å². The summed E-state index contributed by atoms with van der Waals surface area (Å²) >= 11 is 0. The Morgan fingerprint density at radius 1 is 1.27 bits per heavy atom. The van der Waals surface area contributed by atoms with Crippen molar-refractivity contribution >= 4 is 6.08 Å². The van der Waals surface area contributed by atoms with Gasteiger partial charge in [0.25, 0.3) is 0 Å². The van der Waals surface area contributed by atoms with E-state index in [1.807, 2.05) is 6.92 Å². The Labute approximate surface area is 91.0 Å². The molecule has 0 spiro atoms. The summed E-state index contributed by atoms with van der Waals surface area (Å²) in [6, 6.07) is 4.11. The molecule has 0 saturated heterocycles. The molecule has 0 aromatic heterocycles. The van der Waals surface area contributed by atoms with Crippen LogP contribution in [0.15, 0.2) is 17.1 Å². The van der Waals surface area contributed by atoms with Crippen LogP contribution in [0.25, 0.3) is 0 Å². The van der Waals surface area contributed by atoms with Crippen LogP contribution in [0.4, 0.5) is 0 Å². The van der Waals surface area contributed by atoms with E-state index in [0.717, 1.165) is 12.0 Å². The van der Waals surface area contributed by atoms with Gasteiger partial charge >= 0.3 is 0 Å². The smallest absolute Gasteiger partial charge is 0.211 e. The molecule has 1 aromatic rings. The van der Waals surface area contributed by atoms with Crippen LogP contribution in [-0.4, -0.2) is 6.08 Å². The van der Waals surface area contributed by atoms with Gasteiger partial charge in [-0.25, -0.2) is 4.79 Å². The number of aryl methyl sites for hydroxylation is 1. The summed E-state index contributed by atoms with van der Waals surface area (Å²) in [7, 11) is 0. The molecule has 0 saturated carbocycles. The van der Waals surface area contributed by atoms with Crippen molar-refractivity contribution in [2.75, 3.05) is 0 Å². The lowest BCUT2D eigenvalue weighted by atomic mass is 9.93. The molecular formula is C13H17NO. The quantitative estimate of drug-likeness (QED) is 0.547. The van der Waals surface area contributed by atoms with E-state index in [1.54, 1.807) is 6.08 Å². The Bertz CT molecular complexity index is 403. The maximum atomic E-state index is 10.3. The topological polar surface area (TPSA) is 29.4 Å². The van der Waals surface area contributed by atoms with E-state index in [0.29, 0.717) is 0 Å². The third kappa shape index (κ3) is 2.34. The predicted octanol–water partition coefficient (Wildman–Crippen LogP) is 3.40. The van der Waals surface area contributed by atoms with Crippen LogP contribution < -0.4 is 0 Å². The van der Waals surface area contributed by atoms with Crippen molar-refractivity contribution in [1.82, 2.24) is 0 Å². The van der Waals surface area contributed by atoms with Gasteiger partial charge in [-0.3, -0.25) is 0 Å². The zero-order valence-electron chi connectivity index (χ0n) is 9.79. The molecule has 0 aliphatic rings. The number of hydrogen-bond donors (Lipinski definition) is 0. The van der Waals surface area contributed by atoms with E-state index >= 15 is 0 Å². The van der Waals surface area contributed by atoms with Gasteiger partial charge in [-0.2, -0.15) is 4.99 Å². The van der Waals surface area contributed by atoms with Gasteiger partial charge in [-0.1, -0.05) is 19.1 Å². The number of aliphatic imine (C=N–C) groups is 1. The zero-order chi connectivity index (χ0) is 11.4. The molecule has 80 valence electrons. The zero-order valence-corrected chi connectivity index (χ0v) is 9.79. The number of benzene rings is 1. The number of nitrogens with zero attached hydrogens (tertiary/aromatic N) is 1. The maximum absolute atomic E-state index is 10.3. The van der Waals surface area contributed by atoms with Crippen molar-refractivity contribution in [3.8, 4) is 0 Å². The van der Waals surface area contributed by atoms with Gasteiger partial charge in [0.1, 0.15) is 0 Å². The second-order valence-corrected chi connectivity index (χ2v) is 3.87. The molecule has 0 aliphatic heterocycles. The van der Waals surface area contributed by atoms with E-state index in [-0.39, 0.29) is 6.04 Å². The summed E-state index contributed by atoms with van der Waals surface area (Å²) in [5, 5.41) is 0. The largest absolute Gasteiger partial charge is 0.235 e. The highest BCUT2D eigenvalue weighted by Crippen LogP contribution is 2.27. The van der Waals surface area contributed by atoms with Crippen LogP contribution in [0.2, 0.25) is 0 Å². The lowest BCUT2D eigenvalue weighted by Gasteiger charge is -2.15. The van der Waals surface area contributed by atoms with Gasteiger partial charge in [0, 0.05) is 0 Å². The molecule has 0 radical (unpaired) electrons. The molecule has 0 unspecified atom stereocenters. The Kier molecular flexibility index (Phi) is 3.81. The van der Waals surface area contributed by atoms with Crippen LogP contribution in [0.3, 0.4) is 0 Å². The number of rotatable bonds is 3. The molecule has 0 amide bonds. The van der Waals surface area contributed by atoms with E-state index in [1.165, 1.54) is 16.7 Å². The average molecular weight is 203 g/mol. The monoisotopic (exact) mass is 203 g/mol. The number of hydrogen-bond acceptors (Lipinski definition) is 2. The Morgan fingerprint density at radius 2 is 1.93 bits per heavy atom. The fraction of sp³-hybridized carbons (Fsp3) is 0.462. The van der Waals surface area contributed by atoms with Crippen molar-refractivity contribution in [2.45, 2.75) is 40.2 Å². The minimum Gasteiger partial charge on any atom is -0.211 e. The summed E-state index contributed by atoms with van der Waals surface area (Å²) in [5.74, 6) is 0. The second kappa shape index (κ2) is 4.90. The van der Waals surface area contributed by atoms with Gasteiger partial charge in [0.05, 0.1) is 6.04 Å². The van der Waals surface area contributed by atoms with E-state index in [4.69, 9.17) is 0 Å². The van der Waals surface area contributed by atoms with Gasteiger partial charge in [-0.15, -0.1) is 0 Å². The Morgan fingerprint density at radius 3 is 2.47 bits per heavy atom. The minimum absolute atomic E-state index is 0.0400. The van der Waals surface area contributed by atoms with Gasteiger partial charge in [0.15, 0.2) is 0 Å². The molecule has 0 fully saturated rings. The van der Waals surface area contributed by atoms with Crippen molar-refractivity contribution in [2.24, 2.45) is 4.99 Å². The molecule has 0 N–H and O–H groups in total.